The molecule has 0 spiro atoms. The SMILES string of the molecule is O=C(O)c1cc(OC2CCC(C(=O)OCc3cccc4ccccc34)CC2)c(Cl)cc1F. The van der Waals surface area contributed by atoms with Crippen molar-refractivity contribution in [3.63, 3.8) is 0 Å². The molecule has 3 aromatic carbocycles. The maximum absolute atomic E-state index is 13.7. The largest absolute Gasteiger partial charge is 0.489 e. The highest BCUT2D eigenvalue weighted by Gasteiger charge is 2.29. The number of esters is 1. The van der Waals surface area contributed by atoms with E-state index in [-0.39, 0.29) is 35.4 Å². The summed E-state index contributed by atoms with van der Waals surface area (Å²) in [5.41, 5.74) is 0.476. The molecule has 1 aliphatic carbocycles. The first-order chi connectivity index (χ1) is 15.4. The quantitative estimate of drug-likeness (QED) is 0.460. The predicted octanol–water partition coefficient (Wildman–Crippen LogP) is 6.01. The number of fused-ring (bicyclic) bond motifs is 1. The van der Waals surface area contributed by atoms with Crippen LogP contribution in [-0.4, -0.2) is 23.1 Å². The lowest BCUT2D eigenvalue weighted by atomic mass is 9.87. The standard InChI is InChI=1S/C25H22ClFO5/c26-21-13-22(27)20(24(28)29)12-23(21)32-18-10-8-16(9-11-18)25(30)31-14-17-6-3-5-15-4-1-2-7-19(15)17/h1-7,12-13,16,18H,8-11,14H2,(H,28,29). The summed E-state index contributed by atoms with van der Waals surface area (Å²) < 4.78 is 25.1. The lowest BCUT2D eigenvalue weighted by Gasteiger charge is -2.28. The Morgan fingerprint density at radius 3 is 2.50 bits per heavy atom. The van der Waals surface area contributed by atoms with E-state index in [0.29, 0.717) is 25.7 Å². The molecule has 0 aromatic heterocycles. The molecule has 1 N–H and O–H groups in total. The van der Waals surface area contributed by atoms with E-state index >= 15 is 0 Å². The van der Waals surface area contributed by atoms with Crippen LogP contribution in [0.3, 0.4) is 0 Å². The Balaban J connectivity index is 1.32. The van der Waals surface area contributed by atoms with Gasteiger partial charge >= 0.3 is 11.9 Å². The molecule has 0 bridgehead atoms. The van der Waals surface area contributed by atoms with E-state index in [1.54, 1.807) is 0 Å². The van der Waals surface area contributed by atoms with E-state index in [1.165, 1.54) is 0 Å². The Hall–Kier alpha value is -3.12. The minimum atomic E-state index is -1.39. The lowest BCUT2D eigenvalue weighted by Crippen LogP contribution is -2.29. The molecule has 4 rings (SSSR count). The van der Waals surface area contributed by atoms with Crippen molar-refractivity contribution in [3.05, 3.63) is 76.6 Å². The number of benzene rings is 3. The average molecular weight is 457 g/mol. The van der Waals surface area contributed by atoms with Gasteiger partial charge in [-0.1, -0.05) is 54.1 Å². The first-order valence-electron chi connectivity index (χ1n) is 10.4. The van der Waals surface area contributed by atoms with Crippen LogP contribution in [0.5, 0.6) is 5.75 Å². The van der Waals surface area contributed by atoms with Gasteiger partial charge in [0.25, 0.3) is 0 Å². The number of carboxylic acid groups (broad SMARTS) is 1. The van der Waals surface area contributed by atoms with Crippen LogP contribution in [0.4, 0.5) is 4.39 Å². The second-order valence-electron chi connectivity index (χ2n) is 7.91. The van der Waals surface area contributed by atoms with Gasteiger partial charge in [0, 0.05) is 0 Å². The van der Waals surface area contributed by atoms with Gasteiger partial charge in [0.05, 0.1) is 22.6 Å². The Labute approximate surface area is 189 Å². The molecule has 166 valence electrons. The van der Waals surface area contributed by atoms with Crippen LogP contribution in [0.2, 0.25) is 5.02 Å². The fourth-order valence-corrected chi connectivity index (χ4v) is 4.26. The van der Waals surface area contributed by atoms with E-state index in [1.807, 2.05) is 42.5 Å². The summed E-state index contributed by atoms with van der Waals surface area (Å²) in [7, 11) is 0. The molecule has 3 aromatic rings. The van der Waals surface area contributed by atoms with Crippen molar-refractivity contribution in [2.24, 2.45) is 5.92 Å². The zero-order valence-electron chi connectivity index (χ0n) is 17.2. The van der Waals surface area contributed by atoms with E-state index in [9.17, 15) is 14.0 Å². The van der Waals surface area contributed by atoms with Crippen LogP contribution in [0, 0.1) is 11.7 Å². The maximum Gasteiger partial charge on any atom is 0.338 e. The van der Waals surface area contributed by atoms with Crippen molar-refractivity contribution >= 4 is 34.3 Å². The Morgan fingerprint density at radius 2 is 1.75 bits per heavy atom. The fourth-order valence-electron chi connectivity index (χ4n) is 4.06. The van der Waals surface area contributed by atoms with Crippen molar-refractivity contribution in [2.75, 3.05) is 0 Å². The van der Waals surface area contributed by atoms with Crippen molar-refractivity contribution in [2.45, 2.75) is 38.4 Å². The number of hydrogen-bond acceptors (Lipinski definition) is 4. The molecule has 1 saturated carbocycles. The third kappa shape index (κ3) is 4.86. The van der Waals surface area contributed by atoms with Crippen molar-refractivity contribution < 1.29 is 28.6 Å². The number of halogens is 2. The van der Waals surface area contributed by atoms with E-state index in [2.05, 4.69) is 0 Å². The van der Waals surface area contributed by atoms with E-state index < -0.39 is 17.3 Å². The number of ether oxygens (including phenoxy) is 2. The monoisotopic (exact) mass is 456 g/mol. The molecule has 0 saturated heterocycles. The highest BCUT2D eigenvalue weighted by molar-refractivity contribution is 6.32. The van der Waals surface area contributed by atoms with Gasteiger partial charge in [0.2, 0.25) is 0 Å². The second-order valence-corrected chi connectivity index (χ2v) is 8.31. The van der Waals surface area contributed by atoms with Crippen LogP contribution in [0.15, 0.2) is 54.6 Å². The van der Waals surface area contributed by atoms with Crippen molar-refractivity contribution in [1.82, 2.24) is 0 Å². The third-order valence-corrected chi connectivity index (χ3v) is 6.10. The third-order valence-electron chi connectivity index (χ3n) is 5.80. The summed E-state index contributed by atoms with van der Waals surface area (Å²) in [4.78, 5) is 23.7. The van der Waals surface area contributed by atoms with Gasteiger partial charge in [-0.15, -0.1) is 0 Å². The van der Waals surface area contributed by atoms with Crippen LogP contribution >= 0.6 is 11.6 Å². The number of aromatic carboxylic acids is 1. The minimum absolute atomic E-state index is 0.0177. The number of hydrogen-bond donors (Lipinski definition) is 1. The molecule has 1 fully saturated rings. The smallest absolute Gasteiger partial charge is 0.338 e. The maximum atomic E-state index is 13.7. The first kappa shape index (κ1) is 22.1. The highest BCUT2D eigenvalue weighted by atomic mass is 35.5. The molecular formula is C25H22ClFO5. The van der Waals surface area contributed by atoms with Crippen LogP contribution in [0.1, 0.15) is 41.6 Å². The molecule has 0 atom stereocenters. The fraction of sp³-hybridized carbons (Fsp3) is 0.280. The normalized spacial score (nSPS) is 18.3. The Kier molecular flexibility index (Phi) is 6.61. The number of carboxylic acids is 1. The highest BCUT2D eigenvalue weighted by Crippen LogP contribution is 2.33. The number of carbonyl (C=O) groups is 2. The van der Waals surface area contributed by atoms with Crippen LogP contribution in [0.25, 0.3) is 10.8 Å². The van der Waals surface area contributed by atoms with E-state index in [4.69, 9.17) is 26.2 Å². The lowest BCUT2D eigenvalue weighted by molar-refractivity contribution is -0.151. The summed E-state index contributed by atoms with van der Waals surface area (Å²) in [5, 5.41) is 11.3. The second kappa shape index (κ2) is 9.57. The summed E-state index contributed by atoms with van der Waals surface area (Å²) in [6.45, 7) is 0.222. The summed E-state index contributed by atoms with van der Waals surface area (Å²) >= 11 is 6.01. The van der Waals surface area contributed by atoms with Gasteiger partial charge in [-0.2, -0.15) is 0 Å². The Bertz CT molecular complexity index is 1150. The van der Waals surface area contributed by atoms with Gasteiger partial charge in [-0.05, 0) is 54.2 Å². The number of carbonyl (C=O) groups excluding carboxylic acids is 1. The van der Waals surface area contributed by atoms with Gasteiger partial charge in [-0.25, -0.2) is 9.18 Å². The van der Waals surface area contributed by atoms with Gasteiger partial charge < -0.3 is 14.6 Å². The van der Waals surface area contributed by atoms with Gasteiger partial charge in [0.15, 0.2) is 0 Å². The molecule has 0 unspecified atom stereocenters. The summed E-state index contributed by atoms with van der Waals surface area (Å²) in [6, 6.07) is 15.9. The summed E-state index contributed by atoms with van der Waals surface area (Å²) in [6.07, 6.45) is 2.11. The molecule has 1 aliphatic rings. The molecule has 0 aliphatic heterocycles. The number of rotatable bonds is 6. The zero-order chi connectivity index (χ0) is 22.7. The van der Waals surface area contributed by atoms with Crippen LogP contribution in [-0.2, 0) is 16.1 Å². The van der Waals surface area contributed by atoms with Crippen molar-refractivity contribution in [3.8, 4) is 5.75 Å². The minimum Gasteiger partial charge on any atom is -0.489 e. The molecule has 5 nitrogen and oxygen atoms in total. The summed E-state index contributed by atoms with van der Waals surface area (Å²) in [5.74, 6) is -2.62. The molecular weight excluding hydrogens is 435 g/mol. The van der Waals surface area contributed by atoms with Gasteiger partial charge in [-0.3, -0.25) is 4.79 Å². The van der Waals surface area contributed by atoms with Crippen LogP contribution < -0.4 is 4.74 Å². The molecule has 7 heteroatoms. The molecule has 0 amide bonds. The molecule has 0 radical (unpaired) electrons. The molecule has 0 heterocycles. The van der Waals surface area contributed by atoms with Gasteiger partial charge in [0.1, 0.15) is 18.2 Å². The topological polar surface area (TPSA) is 72.8 Å². The van der Waals surface area contributed by atoms with E-state index in [0.717, 1.165) is 28.5 Å². The molecule has 32 heavy (non-hydrogen) atoms. The first-order valence-corrected chi connectivity index (χ1v) is 10.8. The zero-order valence-corrected chi connectivity index (χ0v) is 18.0. The average Bonchev–Trinajstić information content (AvgIpc) is 2.79. The predicted molar refractivity (Wildman–Crippen MR) is 118 cm³/mol. The Morgan fingerprint density at radius 1 is 1.03 bits per heavy atom. The van der Waals surface area contributed by atoms with Crippen molar-refractivity contribution in [1.29, 1.82) is 0 Å².